The maximum atomic E-state index is 11.0. The van der Waals surface area contributed by atoms with Gasteiger partial charge in [-0.25, -0.2) is 4.79 Å². The zero-order chi connectivity index (χ0) is 9.56. The molecular weight excluding hydrogens is 162 g/mol. The van der Waals surface area contributed by atoms with Crippen LogP contribution < -0.4 is 0 Å². The number of aliphatic hydroxyl groups is 2. The minimum Gasteiger partial charge on any atom is -0.446 e. The van der Waals surface area contributed by atoms with Crippen LogP contribution in [-0.2, 0) is 4.74 Å². The van der Waals surface area contributed by atoms with Gasteiger partial charge in [-0.05, 0) is 13.3 Å². The molecule has 0 aromatic rings. The van der Waals surface area contributed by atoms with E-state index in [1.807, 2.05) is 6.92 Å². The molecule has 0 bridgehead atoms. The lowest BCUT2D eigenvalue weighted by Gasteiger charge is -2.19. The van der Waals surface area contributed by atoms with E-state index in [1.54, 1.807) is 6.92 Å². The molecule has 0 aliphatic rings. The van der Waals surface area contributed by atoms with Gasteiger partial charge in [-0.15, -0.1) is 0 Å². The van der Waals surface area contributed by atoms with Gasteiger partial charge in [-0.2, -0.15) is 0 Å². The molecule has 0 heterocycles. The predicted molar refractivity (Wildman–Crippen MR) is 42.2 cm³/mol. The molecule has 1 unspecified atom stereocenters. The summed E-state index contributed by atoms with van der Waals surface area (Å²) in [6, 6.07) is 0. The second-order valence-electron chi connectivity index (χ2n) is 2.43. The van der Waals surface area contributed by atoms with Gasteiger partial charge in [0, 0.05) is 0 Å². The molecular formula is C7H15NO4. The summed E-state index contributed by atoms with van der Waals surface area (Å²) >= 11 is 0. The van der Waals surface area contributed by atoms with E-state index in [0.29, 0.717) is 6.42 Å². The molecule has 0 radical (unpaired) electrons. The Bertz CT molecular complexity index is 135. The number of hydrogen-bond donors (Lipinski definition) is 2. The van der Waals surface area contributed by atoms with E-state index in [1.165, 1.54) is 0 Å². The van der Waals surface area contributed by atoms with Crippen molar-refractivity contribution in [3.63, 3.8) is 0 Å². The Kier molecular flexibility index (Phi) is 5.40. The molecule has 1 amide bonds. The Labute approximate surface area is 71.6 Å². The van der Waals surface area contributed by atoms with Crippen molar-refractivity contribution < 1.29 is 19.7 Å². The molecule has 2 N–H and O–H groups in total. The van der Waals surface area contributed by atoms with E-state index in [-0.39, 0.29) is 6.10 Å². The first-order chi connectivity index (χ1) is 5.65. The molecule has 0 aliphatic heterocycles. The number of aliphatic hydroxyl groups excluding tert-OH is 2. The van der Waals surface area contributed by atoms with Crippen molar-refractivity contribution in [3.8, 4) is 0 Å². The van der Waals surface area contributed by atoms with Crippen molar-refractivity contribution in [3.05, 3.63) is 0 Å². The number of rotatable bonds is 4. The number of nitrogens with zero attached hydrogens (tertiary/aromatic N) is 1. The average molecular weight is 177 g/mol. The first kappa shape index (κ1) is 11.2. The van der Waals surface area contributed by atoms with Crippen molar-refractivity contribution >= 4 is 6.09 Å². The van der Waals surface area contributed by atoms with E-state index in [4.69, 9.17) is 14.9 Å². The molecule has 0 aliphatic carbocycles. The molecule has 0 fully saturated rings. The minimum absolute atomic E-state index is 0.196. The molecule has 0 rings (SSSR count). The highest BCUT2D eigenvalue weighted by molar-refractivity contribution is 5.67. The maximum Gasteiger partial charge on any atom is 0.413 e. The van der Waals surface area contributed by atoms with E-state index >= 15 is 0 Å². The van der Waals surface area contributed by atoms with Gasteiger partial charge in [0.2, 0.25) is 0 Å². The van der Waals surface area contributed by atoms with Gasteiger partial charge in [0.15, 0.2) is 0 Å². The highest BCUT2D eigenvalue weighted by Gasteiger charge is 2.14. The number of ether oxygens (including phenoxy) is 1. The van der Waals surface area contributed by atoms with E-state index in [0.717, 1.165) is 4.90 Å². The molecule has 0 aromatic heterocycles. The smallest absolute Gasteiger partial charge is 0.413 e. The summed E-state index contributed by atoms with van der Waals surface area (Å²) in [7, 11) is 0. The minimum atomic E-state index is -0.700. The lowest BCUT2D eigenvalue weighted by atomic mass is 10.3. The lowest BCUT2D eigenvalue weighted by Crippen LogP contribution is -2.35. The second kappa shape index (κ2) is 5.79. The van der Waals surface area contributed by atoms with Crippen LogP contribution in [0.25, 0.3) is 0 Å². The Morgan fingerprint density at radius 2 is 2.00 bits per heavy atom. The van der Waals surface area contributed by atoms with Gasteiger partial charge in [0.25, 0.3) is 0 Å². The molecule has 0 aromatic carbocycles. The Morgan fingerprint density at radius 1 is 1.50 bits per heavy atom. The summed E-state index contributed by atoms with van der Waals surface area (Å²) in [4.78, 5) is 11.7. The lowest BCUT2D eigenvalue weighted by molar-refractivity contribution is 0.00367. The molecule has 0 saturated heterocycles. The summed E-state index contributed by atoms with van der Waals surface area (Å²) in [5.41, 5.74) is 0. The van der Waals surface area contributed by atoms with Crippen LogP contribution in [0.1, 0.15) is 20.3 Å². The van der Waals surface area contributed by atoms with E-state index in [2.05, 4.69) is 0 Å². The van der Waals surface area contributed by atoms with Gasteiger partial charge in [0.1, 0.15) is 19.6 Å². The first-order valence-electron chi connectivity index (χ1n) is 3.83. The summed E-state index contributed by atoms with van der Waals surface area (Å²) in [5, 5.41) is 17.1. The fraction of sp³-hybridized carbons (Fsp3) is 0.857. The summed E-state index contributed by atoms with van der Waals surface area (Å²) in [5.74, 6) is 0. The third kappa shape index (κ3) is 3.54. The summed E-state index contributed by atoms with van der Waals surface area (Å²) in [6.07, 6.45) is -0.191. The monoisotopic (exact) mass is 177 g/mol. The van der Waals surface area contributed by atoms with Crippen molar-refractivity contribution in [1.82, 2.24) is 4.90 Å². The topological polar surface area (TPSA) is 70.0 Å². The van der Waals surface area contributed by atoms with Crippen LogP contribution in [0.2, 0.25) is 0 Å². The zero-order valence-corrected chi connectivity index (χ0v) is 7.36. The van der Waals surface area contributed by atoms with Gasteiger partial charge in [0.05, 0.1) is 0 Å². The van der Waals surface area contributed by atoms with Crippen molar-refractivity contribution in [1.29, 1.82) is 0 Å². The van der Waals surface area contributed by atoms with E-state index in [9.17, 15) is 4.79 Å². The Morgan fingerprint density at radius 3 is 2.33 bits per heavy atom. The Hall–Kier alpha value is -0.810. The standard InChI is InChI=1S/C7H15NO4/c1-3-6(2)12-7(11)8(4-9)5-10/h6,9-10H,3-5H2,1-2H3. The largest absolute Gasteiger partial charge is 0.446 e. The fourth-order valence-corrected chi connectivity index (χ4v) is 0.490. The average Bonchev–Trinajstić information content (AvgIpc) is 2.06. The predicted octanol–water partition coefficient (Wildman–Crippen LogP) is 0.123. The van der Waals surface area contributed by atoms with Gasteiger partial charge >= 0.3 is 6.09 Å². The highest BCUT2D eigenvalue weighted by Crippen LogP contribution is 2.00. The molecule has 0 spiro atoms. The fourth-order valence-electron chi connectivity index (χ4n) is 0.490. The van der Waals surface area contributed by atoms with Gasteiger partial charge in [-0.3, -0.25) is 4.90 Å². The second-order valence-corrected chi connectivity index (χ2v) is 2.43. The third-order valence-corrected chi connectivity index (χ3v) is 1.48. The Balaban J connectivity index is 3.84. The van der Waals surface area contributed by atoms with Crippen molar-refractivity contribution in [2.75, 3.05) is 13.5 Å². The summed E-state index contributed by atoms with van der Waals surface area (Å²) in [6.45, 7) is 2.54. The molecule has 5 nitrogen and oxygen atoms in total. The molecule has 5 heteroatoms. The van der Waals surface area contributed by atoms with Crippen LogP contribution >= 0.6 is 0 Å². The van der Waals surface area contributed by atoms with Crippen LogP contribution in [0.15, 0.2) is 0 Å². The van der Waals surface area contributed by atoms with Gasteiger partial charge in [-0.1, -0.05) is 6.92 Å². The van der Waals surface area contributed by atoms with Crippen LogP contribution in [0, 0.1) is 0 Å². The number of carbonyl (C=O) groups excluding carboxylic acids is 1. The quantitative estimate of drug-likeness (QED) is 0.598. The molecule has 12 heavy (non-hydrogen) atoms. The SMILES string of the molecule is CCC(C)OC(=O)N(CO)CO. The van der Waals surface area contributed by atoms with Crippen LogP contribution in [-0.4, -0.2) is 40.8 Å². The maximum absolute atomic E-state index is 11.0. The van der Waals surface area contributed by atoms with Crippen LogP contribution in [0.4, 0.5) is 4.79 Å². The van der Waals surface area contributed by atoms with Gasteiger partial charge < -0.3 is 14.9 Å². The molecule has 1 atom stereocenters. The number of carbonyl (C=O) groups is 1. The number of hydrogen-bond acceptors (Lipinski definition) is 4. The van der Waals surface area contributed by atoms with Crippen LogP contribution in [0.3, 0.4) is 0 Å². The zero-order valence-electron chi connectivity index (χ0n) is 7.36. The van der Waals surface area contributed by atoms with Crippen molar-refractivity contribution in [2.24, 2.45) is 0 Å². The van der Waals surface area contributed by atoms with Crippen LogP contribution in [0.5, 0.6) is 0 Å². The highest BCUT2D eigenvalue weighted by atomic mass is 16.6. The summed E-state index contributed by atoms with van der Waals surface area (Å²) < 4.78 is 4.81. The van der Waals surface area contributed by atoms with E-state index < -0.39 is 19.6 Å². The normalized spacial score (nSPS) is 12.3. The third-order valence-electron chi connectivity index (χ3n) is 1.48. The first-order valence-corrected chi connectivity index (χ1v) is 3.83. The number of amides is 1. The molecule has 0 saturated carbocycles. The van der Waals surface area contributed by atoms with Crippen molar-refractivity contribution in [2.45, 2.75) is 26.4 Å². The molecule has 72 valence electrons.